The summed E-state index contributed by atoms with van der Waals surface area (Å²) in [5.74, 6) is 1.22. The van der Waals surface area contributed by atoms with Gasteiger partial charge >= 0.3 is 0 Å². The maximum absolute atomic E-state index is 12.7. The van der Waals surface area contributed by atoms with Crippen molar-refractivity contribution in [1.82, 2.24) is 14.8 Å². The molecule has 2 aromatic rings. The molecule has 0 saturated carbocycles. The second-order valence-corrected chi connectivity index (χ2v) is 8.23. The van der Waals surface area contributed by atoms with Gasteiger partial charge in [0.25, 0.3) is 5.91 Å². The summed E-state index contributed by atoms with van der Waals surface area (Å²) in [6.45, 7) is 8.05. The van der Waals surface area contributed by atoms with Gasteiger partial charge < -0.3 is 10.2 Å². The van der Waals surface area contributed by atoms with Crippen LogP contribution >= 0.6 is 0 Å². The Bertz CT molecular complexity index is 802. The second-order valence-electron chi connectivity index (χ2n) is 8.23. The number of carbonyl (C=O) groups excluding carboxylic acids is 1. The highest BCUT2D eigenvalue weighted by Gasteiger charge is 2.22. The third-order valence-corrected chi connectivity index (χ3v) is 5.12. The zero-order valence-electron chi connectivity index (χ0n) is 17.5. The number of nitrogens with zero attached hydrogens (tertiary/aromatic N) is 3. The zero-order chi connectivity index (χ0) is 20.1. The van der Waals surface area contributed by atoms with Crippen molar-refractivity contribution in [3.05, 3.63) is 58.8 Å². The van der Waals surface area contributed by atoms with Crippen molar-refractivity contribution in [1.29, 1.82) is 0 Å². The number of nitrogens with one attached hydrogen (secondary N) is 1. The molecule has 5 heteroatoms. The van der Waals surface area contributed by atoms with Crippen molar-refractivity contribution in [3.8, 4) is 0 Å². The number of fused-ring (bicyclic) bond motifs is 1. The lowest BCUT2D eigenvalue weighted by molar-refractivity contribution is 0.0828. The number of benzene rings is 1. The van der Waals surface area contributed by atoms with E-state index in [1.54, 1.807) is 19.0 Å². The van der Waals surface area contributed by atoms with Gasteiger partial charge in [-0.25, -0.2) is 4.98 Å². The number of aromatic nitrogens is 1. The summed E-state index contributed by atoms with van der Waals surface area (Å²) in [6, 6.07) is 12.7. The fourth-order valence-corrected chi connectivity index (χ4v) is 3.52. The van der Waals surface area contributed by atoms with E-state index in [2.05, 4.69) is 60.5 Å². The third kappa shape index (κ3) is 5.10. The Morgan fingerprint density at radius 3 is 2.57 bits per heavy atom. The Morgan fingerprint density at radius 1 is 1.18 bits per heavy atom. The highest BCUT2D eigenvalue weighted by atomic mass is 16.2. The average Bonchev–Trinajstić information content (AvgIpc) is 2.87. The Kier molecular flexibility index (Phi) is 6.68. The van der Waals surface area contributed by atoms with Crippen LogP contribution in [0.4, 0.5) is 5.82 Å². The van der Waals surface area contributed by atoms with Crippen LogP contribution in [0.25, 0.3) is 0 Å². The van der Waals surface area contributed by atoms with Crippen LogP contribution in [0.5, 0.6) is 0 Å². The molecule has 0 fully saturated rings. The van der Waals surface area contributed by atoms with Crippen molar-refractivity contribution in [3.63, 3.8) is 0 Å². The summed E-state index contributed by atoms with van der Waals surface area (Å²) >= 11 is 0. The molecule has 0 spiro atoms. The van der Waals surface area contributed by atoms with E-state index in [0.717, 1.165) is 50.5 Å². The monoisotopic (exact) mass is 380 g/mol. The van der Waals surface area contributed by atoms with Crippen LogP contribution in [0.15, 0.2) is 36.4 Å². The molecule has 1 N–H and O–H groups in total. The summed E-state index contributed by atoms with van der Waals surface area (Å²) < 4.78 is 0. The first-order valence-electron chi connectivity index (χ1n) is 10.2. The summed E-state index contributed by atoms with van der Waals surface area (Å²) in [6.07, 6.45) is 1.84. The van der Waals surface area contributed by atoms with Gasteiger partial charge in [-0.15, -0.1) is 0 Å². The number of carbonyl (C=O) groups is 1. The molecule has 150 valence electrons. The van der Waals surface area contributed by atoms with Gasteiger partial charge in [-0.1, -0.05) is 44.2 Å². The minimum atomic E-state index is 0.00643. The highest BCUT2D eigenvalue weighted by Crippen LogP contribution is 2.23. The van der Waals surface area contributed by atoms with Crippen molar-refractivity contribution in [2.75, 3.05) is 39.0 Å². The molecule has 0 aliphatic carbocycles. The predicted molar refractivity (Wildman–Crippen MR) is 115 cm³/mol. The summed E-state index contributed by atoms with van der Waals surface area (Å²) in [5, 5.41) is 3.40. The Morgan fingerprint density at radius 2 is 1.89 bits per heavy atom. The van der Waals surface area contributed by atoms with Crippen molar-refractivity contribution in [2.45, 2.75) is 33.2 Å². The molecule has 0 radical (unpaired) electrons. The lowest BCUT2D eigenvalue weighted by Crippen LogP contribution is -2.25. The molecule has 0 bridgehead atoms. The van der Waals surface area contributed by atoms with Crippen molar-refractivity contribution >= 4 is 11.7 Å². The van der Waals surface area contributed by atoms with Crippen LogP contribution in [0.1, 0.15) is 41.0 Å². The van der Waals surface area contributed by atoms with Gasteiger partial charge in [0, 0.05) is 52.4 Å². The first-order valence-corrected chi connectivity index (χ1v) is 10.2. The van der Waals surface area contributed by atoms with Crippen LogP contribution in [0, 0.1) is 5.92 Å². The molecule has 1 aromatic carbocycles. The van der Waals surface area contributed by atoms with Crippen molar-refractivity contribution in [2.24, 2.45) is 5.92 Å². The molecule has 5 nitrogen and oxygen atoms in total. The van der Waals surface area contributed by atoms with E-state index in [1.807, 2.05) is 0 Å². The fraction of sp³-hybridized carbons (Fsp3) is 0.478. The lowest BCUT2D eigenvalue weighted by atomic mass is 10.0. The van der Waals surface area contributed by atoms with E-state index in [1.165, 1.54) is 11.1 Å². The number of anilines is 1. The summed E-state index contributed by atoms with van der Waals surface area (Å²) in [5.41, 5.74) is 4.35. The number of pyridine rings is 1. The molecule has 3 rings (SSSR count). The van der Waals surface area contributed by atoms with E-state index < -0.39 is 0 Å². The SMILES string of the molecule is CC(C)CNc1nc2c(cc1C(=O)N(C)C)CCN(Cc1ccccc1)CC2. The van der Waals surface area contributed by atoms with Crippen LogP contribution in [0.3, 0.4) is 0 Å². The highest BCUT2D eigenvalue weighted by molar-refractivity contribution is 5.98. The van der Waals surface area contributed by atoms with E-state index in [0.29, 0.717) is 11.5 Å². The largest absolute Gasteiger partial charge is 0.369 e. The molecular formula is C23H32N4O. The maximum atomic E-state index is 12.7. The maximum Gasteiger partial charge on any atom is 0.257 e. The summed E-state index contributed by atoms with van der Waals surface area (Å²) in [7, 11) is 3.59. The third-order valence-electron chi connectivity index (χ3n) is 5.12. The molecule has 1 aliphatic rings. The smallest absolute Gasteiger partial charge is 0.257 e. The normalized spacial score (nSPS) is 14.5. The van der Waals surface area contributed by atoms with E-state index in [-0.39, 0.29) is 5.91 Å². The molecule has 0 unspecified atom stereocenters. The van der Waals surface area contributed by atoms with Gasteiger partial charge in [-0.05, 0) is 29.5 Å². The van der Waals surface area contributed by atoms with E-state index in [9.17, 15) is 4.79 Å². The summed E-state index contributed by atoms with van der Waals surface area (Å²) in [4.78, 5) is 21.7. The van der Waals surface area contributed by atoms with E-state index >= 15 is 0 Å². The van der Waals surface area contributed by atoms with Gasteiger partial charge in [0.05, 0.1) is 5.56 Å². The number of hydrogen-bond donors (Lipinski definition) is 1. The molecule has 1 aliphatic heterocycles. The van der Waals surface area contributed by atoms with Crippen LogP contribution in [0.2, 0.25) is 0 Å². The van der Waals surface area contributed by atoms with Crippen LogP contribution in [-0.2, 0) is 19.4 Å². The molecule has 1 amide bonds. The van der Waals surface area contributed by atoms with Gasteiger partial charge in [0.15, 0.2) is 0 Å². The minimum absolute atomic E-state index is 0.00643. The Balaban J connectivity index is 1.81. The number of hydrogen-bond acceptors (Lipinski definition) is 4. The van der Waals surface area contributed by atoms with E-state index in [4.69, 9.17) is 4.98 Å². The molecule has 2 heterocycles. The molecule has 0 saturated heterocycles. The first kappa shape index (κ1) is 20.3. The number of rotatable bonds is 6. The fourth-order valence-electron chi connectivity index (χ4n) is 3.52. The zero-order valence-corrected chi connectivity index (χ0v) is 17.5. The molecule has 1 aromatic heterocycles. The molecule has 28 heavy (non-hydrogen) atoms. The predicted octanol–water partition coefficient (Wildman–Crippen LogP) is 3.45. The molecular weight excluding hydrogens is 348 g/mol. The Labute approximate surface area is 168 Å². The standard InChI is InChI=1S/C23H32N4O/c1-17(2)15-24-22-20(23(28)26(3)4)14-19-10-12-27(13-11-21(19)25-22)16-18-8-6-5-7-9-18/h5-9,14,17H,10-13,15-16H2,1-4H3,(H,24,25). The van der Waals surface area contributed by atoms with Gasteiger partial charge in [-0.2, -0.15) is 0 Å². The Hall–Kier alpha value is -2.40. The van der Waals surface area contributed by atoms with Gasteiger partial charge in [0.2, 0.25) is 0 Å². The molecule has 0 atom stereocenters. The first-order chi connectivity index (χ1) is 13.4. The number of amides is 1. The van der Waals surface area contributed by atoms with Crippen LogP contribution in [-0.4, -0.2) is 54.4 Å². The average molecular weight is 381 g/mol. The topological polar surface area (TPSA) is 48.5 Å². The van der Waals surface area contributed by atoms with Crippen LogP contribution < -0.4 is 5.32 Å². The lowest BCUT2D eigenvalue weighted by Gasteiger charge is -2.19. The second kappa shape index (κ2) is 9.20. The van der Waals surface area contributed by atoms with Gasteiger partial charge in [-0.3, -0.25) is 9.69 Å². The minimum Gasteiger partial charge on any atom is -0.369 e. The van der Waals surface area contributed by atoms with Gasteiger partial charge in [0.1, 0.15) is 5.82 Å². The quantitative estimate of drug-likeness (QED) is 0.834. The van der Waals surface area contributed by atoms with Crippen molar-refractivity contribution < 1.29 is 4.79 Å².